The van der Waals surface area contributed by atoms with Gasteiger partial charge in [-0.25, -0.2) is 0 Å². The average molecular weight is 354 g/mol. The second-order valence-electron chi connectivity index (χ2n) is 6.63. The molecule has 2 aromatic rings. The molecule has 2 N–H and O–H groups in total. The molecule has 0 aliphatic heterocycles. The van der Waals surface area contributed by atoms with E-state index in [0.29, 0.717) is 11.4 Å². The zero-order valence-electron chi connectivity index (χ0n) is 15.4. The molecule has 0 saturated heterocycles. The molecule has 2 aromatic carbocycles. The fourth-order valence-electron chi connectivity index (χ4n) is 3.19. The van der Waals surface area contributed by atoms with Crippen molar-refractivity contribution in [1.29, 1.82) is 0 Å². The summed E-state index contributed by atoms with van der Waals surface area (Å²) in [4.78, 5) is 12.4. The zero-order chi connectivity index (χ0) is 18.4. The van der Waals surface area contributed by atoms with Crippen LogP contribution in [0.15, 0.2) is 42.5 Å². The number of nitrogens with one attached hydrogen (secondary N) is 2. The molecule has 0 spiro atoms. The highest BCUT2D eigenvalue weighted by molar-refractivity contribution is 5.95. The Kier molecular flexibility index (Phi) is 6.00. The standard InChI is InChI=1S/C21H26N2O3/c1-15-11-12-19(25-2)18(13-15)23-21(24)14-22-17-9-5-6-10-20(17)26-16-7-3-4-8-16/h5-6,9-13,16,22H,3-4,7-8,14H2,1-2H3,(H,23,24). The number of benzene rings is 2. The van der Waals surface area contributed by atoms with Crippen molar-refractivity contribution in [2.75, 3.05) is 24.3 Å². The van der Waals surface area contributed by atoms with Crippen LogP contribution in [0.1, 0.15) is 31.2 Å². The maximum atomic E-state index is 12.4. The molecule has 1 aliphatic carbocycles. The first kappa shape index (κ1) is 18.1. The molecule has 1 aliphatic rings. The first-order valence-electron chi connectivity index (χ1n) is 9.10. The van der Waals surface area contributed by atoms with E-state index in [9.17, 15) is 4.79 Å². The Labute approximate surface area is 154 Å². The SMILES string of the molecule is COc1ccc(C)cc1NC(=O)CNc1ccccc1OC1CCCC1. The van der Waals surface area contributed by atoms with Crippen LogP contribution in [0.3, 0.4) is 0 Å². The molecular formula is C21H26N2O3. The minimum atomic E-state index is -0.135. The number of anilines is 2. The third kappa shape index (κ3) is 4.69. The van der Waals surface area contributed by atoms with E-state index >= 15 is 0 Å². The van der Waals surface area contributed by atoms with Gasteiger partial charge in [-0.15, -0.1) is 0 Å². The summed E-state index contributed by atoms with van der Waals surface area (Å²) < 4.78 is 11.4. The summed E-state index contributed by atoms with van der Waals surface area (Å²) in [5.74, 6) is 1.32. The topological polar surface area (TPSA) is 59.6 Å². The van der Waals surface area contributed by atoms with Crippen LogP contribution in [0.2, 0.25) is 0 Å². The second kappa shape index (κ2) is 8.61. The number of amides is 1. The summed E-state index contributed by atoms with van der Waals surface area (Å²) in [6, 6.07) is 13.5. The number of para-hydroxylation sites is 2. The highest BCUT2D eigenvalue weighted by Gasteiger charge is 2.18. The van der Waals surface area contributed by atoms with Crippen molar-refractivity contribution in [3.8, 4) is 11.5 Å². The van der Waals surface area contributed by atoms with Crippen LogP contribution < -0.4 is 20.1 Å². The first-order chi connectivity index (χ1) is 12.7. The van der Waals surface area contributed by atoms with E-state index in [0.717, 1.165) is 29.8 Å². The number of hydrogen-bond donors (Lipinski definition) is 2. The minimum Gasteiger partial charge on any atom is -0.495 e. The van der Waals surface area contributed by atoms with Crippen LogP contribution in [0.4, 0.5) is 11.4 Å². The Bertz CT molecular complexity index is 755. The predicted molar refractivity (Wildman–Crippen MR) is 104 cm³/mol. The van der Waals surface area contributed by atoms with Gasteiger partial charge in [0.05, 0.1) is 31.1 Å². The Balaban J connectivity index is 1.60. The van der Waals surface area contributed by atoms with Crippen LogP contribution in [0.5, 0.6) is 11.5 Å². The van der Waals surface area contributed by atoms with Gasteiger partial charge in [-0.2, -0.15) is 0 Å². The minimum absolute atomic E-state index is 0.135. The molecule has 0 radical (unpaired) electrons. The number of hydrogen-bond acceptors (Lipinski definition) is 4. The summed E-state index contributed by atoms with van der Waals surface area (Å²) >= 11 is 0. The van der Waals surface area contributed by atoms with Gasteiger partial charge < -0.3 is 20.1 Å². The number of rotatable bonds is 7. The van der Waals surface area contributed by atoms with E-state index in [1.165, 1.54) is 12.8 Å². The third-order valence-electron chi connectivity index (χ3n) is 4.55. The molecule has 5 heteroatoms. The summed E-state index contributed by atoms with van der Waals surface area (Å²) in [5, 5.41) is 6.08. The van der Waals surface area contributed by atoms with Gasteiger partial charge in [0.25, 0.3) is 0 Å². The fourth-order valence-corrected chi connectivity index (χ4v) is 3.19. The predicted octanol–water partition coefficient (Wildman–Crippen LogP) is 4.38. The van der Waals surface area contributed by atoms with Gasteiger partial charge in [-0.1, -0.05) is 18.2 Å². The molecular weight excluding hydrogens is 328 g/mol. The summed E-state index contributed by atoms with van der Waals surface area (Å²) in [6.45, 7) is 2.13. The molecule has 0 aromatic heterocycles. The lowest BCUT2D eigenvalue weighted by Gasteiger charge is -2.17. The van der Waals surface area contributed by atoms with Gasteiger partial charge in [-0.05, 0) is 62.4 Å². The van der Waals surface area contributed by atoms with Crippen LogP contribution in [0, 0.1) is 6.92 Å². The van der Waals surface area contributed by atoms with Gasteiger partial charge in [0.2, 0.25) is 5.91 Å². The highest BCUT2D eigenvalue weighted by Crippen LogP contribution is 2.30. The van der Waals surface area contributed by atoms with Gasteiger partial charge in [-0.3, -0.25) is 4.79 Å². The van der Waals surface area contributed by atoms with E-state index in [1.807, 2.05) is 49.4 Å². The number of ether oxygens (including phenoxy) is 2. The maximum Gasteiger partial charge on any atom is 0.243 e. The molecule has 26 heavy (non-hydrogen) atoms. The molecule has 0 bridgehead atoms. The Morgan fingerprint density at radius 2 is 1.85 bits per heavy atom. The highest BCUT2D eigenvalue weighted by atomic mass is 16.5. The van der Waals surface area contributed by atoms with Crippen molar-refractivity contribution in [2.45, 2.75) is 38.7 Å². The quantitative estimate of drug-likeness (QED) is 0.775. The number of carbonyl (C=O) groups excluding carboxylic acids is 1. The molecule has 1 fully saturated rings. The molecule has 1 amide bonds. The average Bonchev–Trinajstić information content (AvgIpc) is 3.14. The van der Waals surface area contributed by atoms with Crippen LogP contribution in [-0.2, 0) is 4.79 Å². The number of methoxy groups -OCH3 is 1. The summed E-state index contributed by atoms with van der Waals surface area (Å²) in [7, 11) is 1.59. The largest absolute Gasteiger partial charge is 0.495 e. The monoisotopic (exact) mass is 354 g/mol. The van der Waals surface area contributed by atoms with E-state index in [2.05, 4.69) is 10.6 Å². The van der Waals surface area contributed by atoms with E-state index in [1.54, 1.807) is 7.11 Å². The number of carbonyl (C=O) groups is 1. The smallest absolute Gasteiger partial charge is 0.243 e. The van der Waals surface area contributed by atoms with Crippen molar-refractivity contribution in [2.24, 2.45) is 0 Å². The van der Waals surface area contributed by atoms with E-state index in [-0.39, 0.29) is 18.6 Å². The molecule has 0 heterocycles. The van der Waals surface area contributed by atoms with Crippen LogP contribution in [0.25, 0.3) is 0 Å². The first-order valence-corrected chi connectivity index (χ1v) is 9.10. The van der Waals surface area contributed by atoms with Crippen molar-refractivity contribution in [3.05, 3.63) is 48.0 Å². The van der Waals surface area contributed by atoms with Gasteiger partial charge in [0.15, 0.2) is 0 Å². The van der Waals surface area contributed by atoms with Gasteiger partial charge in [0, 0.05) is 0 Å². The molecule has 5 nitrogen and oxygen atoms in total. The lowest BCUT2D eigenvalue weighted by atomic mass is 10.2. The molecule has 0 atom stereocenters. The lowest BCUT2D eigenvalue weighted by Crippen LogP contribution is -2.22. The van der Waals surface area contributed by atoms with Crippen molar-refractivity contribution in [1.82, 2.24) is 0 Å². The molecule has 1 saturated carbocycles. The molecule has 0 unspecified atom stereocenters. The van der Waals surface area contributed by atoms with E-state index < -0.39 is 0 Å². The maximum absolute atomic E-state index is 12.4. The second-order valence-corrected chi connectivity index (χ2v) is 6.63. The summed E-state index contributed by atoms with van der Waals surface area (Å²) in [6.07, 6.45) is 4.93. The third-order valence-corrected chi connectivity index (χ3v) is 4.55. The Hall–Kier alpha value is -2.69. The van der Waals surface area contributed by atoms with Crippen molar-refractivity contribution < 1.29 is 14.3 Å². The van der Waals surface area contributed by atoms with Crippen LogP contribution >= 0.6 is 0 Å². The lowest BCUT2D eigenvalue weighted by molar-refractivity contribution is -0.114. The normalized spacial score (nSPS) is 14.1. The summed E-state index contributed by atoms with van der Waals surface area (Å²) in [5.41, 5.74) is 2.57. The number of aryl methyl sites for hydroxylation is 1. The van der Waals surface area contributed by atoms with Crippen molar-refractivity contribution in [3.63, 3.8) is 0 Å². The fraction of sp³-hybridized carbons (Fsp3) is 0.381. The van der Waals surface area contributed by atoms with Gasteiger partial charge in [0.1, 0.15) is 11.5 Å². The molecule has 3 rings (SSSR count). The Morgan fingerprint density at radius 1 is 1.08 bits per heavy atom. The van der Waals surface area contributed by atoms with Gasteiger partial charge >= 0.3 is 0 Å². The van der Waals surface area contributed by atoms with Crippen molar-refractivity contribution >= 4 is 17.3 Å². The van der Waals surface area contributed by atoms with Crippen LogP contribution in [-0.4, -0.2) is 25.7 Å². The van der Waals surface area contributed by atoms with E-state index in [4.69, 9.17) is 9.47 Å². The zero-order valence-corrected chi connectivity index (χ0v) is 15.4. The Morgan fingerprint density at radius 3 is 2.62 bits per heavy atom. The molecule has 138 valence electrons.